The summed E-state index contributed by atoms with van der Waals surface area (Å²) in [5.74, 6) is 1.55. The van der Waals surface area contributed by atoms with Gasteiger partial charge in [0, 0.05) is 43.5 Å². The van der Waals surface area contributed by atoms with Gasteiger partial charge < -0.3 is 24.3 Å². The Balaban J connectivity index is 1.11. The first kappa shape index (κ1) is 34.0. The van der Waals surface area contributed by atoms with Crippen molar-refractivity contribution in [2.75, 3.05) is 44.8 Å². The van der Waals surface area contributed by atoms with Crippen LogP contribution in [0.5, 0.6) is 11.6 Å². The van der Waals surface area contributed by atoms with Crippen LogP contribution in [-0.2, 0) is 16.0 Å². The molecule has 258 valence electrons. The van der Waals surface area contributed by atoms with E-state index >= 15 is 0 Å². The molecule has 4 heterocycles. The molecule has 1 aromatic carbocycles. The number of nitrogens with one attached hydrogen (secondary N) is 1. The first-order valence-corrected chi connectivity index (χ1v) is 17.2. The molecule has 1 N–H and O–H groups in total. The van der Waals surface area contributed by atoms with Gasteiger partial charge in [-0.3, -0.25) is 9.58 Å². The monoisotopic (exact) mass is 680 g/mol. The summed E-state index contributed by atoms with van der Waals surface area (Å²) in [7, 11) is 0. The predicted molar refractivity (Wildman–Crippen MR) is 181 cm³/mol. The normalized spacial score (nSPS) is 19.4. The van der Waals surface area contributed by atoms with Crippen molar-refractivity contribution in [1.29, 1.82) is 0 Å². The van der Waals surface area contributed by atoms with Crippen LogP contribution in [-0.4, -0.2) is 103 Å². The zero-order valence-electron chi connectivity index (χ0n) is 27.9. The second-order valence-electron chi connectivity index (χ2n) is 12.6. The molecular weight excluding hydrogens is 636 g/mol. The summed E-state index contributed by atoms with van der Waals surface area (Å²) in [4.78, 5) is 11.8. The summed E-state index contributed by atoms with van der Waals surface area (Å²) in [5, 5.41) is 20.0. The molecule has 48 heavy (non-hydrogen) atoms. The van der Waals surface area contributed by atoms with Gasteiger partial charge in [-0.2, -0.15) is 0 Å². The Hall–Kier alpha value is -3.85. The molecule has 0 unspecified atom stereocenters. The maximum Gasteiger partial charge on any atom is 0.256 e. The molecule has 14 nitrogen and oxygen atoms in total. The van der Waals surface area contributed by atoms with Gasteiger partial charge in [-0.15, -0.1) is 10.2 Å². The first-order chi connectivity index (χ1) is 23.4. The zero-order chi connectivity index (χ0) is 33.3. The minimum atomic E-state index is -0.205. The summed E-state index contributed by atoms with van der Waals surface area (Å²) >= 11 is 6.46. The van der Waals surface area contributed by atoms with Crippen LogP contribution in [0.3, 0.4) is 0 Å². The second-order valence-corrected chi connectivity index (χ2v) is 13.0. The molecule has 15 heteroatoms. The average Bonchev–Trinajstić information content (AvgIpc) is 3.76. The topological polar surface area (TPSA) is 139 Å². The number of anilines is 2. The molecule has 1 atom stereocenters. The summed E-state index contributed by atoms with van der Waals surface area (Å²) in [6, 6.07) is 6.53. The van der Waals surface area contributed by atoms with Crippen LogP contribution in [0.1, 0.15) is 58.9 Å². The number of benzene rings is 1. The Morgan fingerprint density at radius 3 is 2.50 bits per heavy atom. The lowest BCUT2D eigenvalue weighted by Crippen LogP contribution is -2.45. The van der Waals surface area contributed by atoms with Crippen molar-refractivity contribution >= 4 is 23.2 Å². The van der Waals surface area contributed by atoms with Crippen molar-refractivity contribution in [1.82, 2.24) is 44.9 Å². The molecule has 2 aliphatic rings. The number of nitrogens with zero attached hydrogens (tertiary/aromatic N) is 9. The minimum absolute atomic E-state index is 0.188. The highest BCUT2D eigenvalue weighted by atomic mass is 35.5. The van der Waals surface area contributed by atoms with Crippen molar-refractivity contribution in [3.8, 4) is 22.8 Å². The van der Waals surface area contributed by atoms with Gasteiger partial charge in [-0.1, -0.05) is 17.7 Å². The average molecular weight is 681 g/mol. The minimum Gasteiger partial charge on any atom is -0.487 e. The predicted octanol–water partition coefficient (Wildman–Crippen LogP) is 5.20. The van der Waals surface area contributed by atoms with Crippen LogP contribution in [0.4, 0.5) is 11.6 Å². The van der Waals surface area contributed by atoms with Crippen molar-refractivity contribution < 1.29 is 18.9 Å². The third-order valence-corrected chi connectivity index (χ3v) is 8.92. The lowest BCUT2D eigenvalue weighted by molar-refractivity contribution is 0.00502. The molecule has 1 aliphatic carbocycles. The Bertz CT molecular complexity index is 1560. The Morgan fingerprint density at radius 1 is 1.00 bits per heavy atom. The van der Waals surface area contributed by atoms with E-state index in [2.05, 4.69) is 40.4 Å². The third kappa shape index (κ3) is 9.19. The van der Waals surface area contributed by atoms with Crippen LogP contribution in [0.2, 0.25) is 5.02 Å². The van der Waals surface area contributed by atoms with Crippen LogP contribution in [0.25, 0.3) is 11.1 Å². The van der Waals surface area contributed by atoms with E-state index in [1.54, 1.807) is 29.5 Å². The lowest BCUT2D eigenvalue weighted by atomic mass is 9.90. The quantitative estimate of drug-likeness (QED) is 0.165. The lowest BCUT2D eigenvalue weighted by Gasteiger charge is -2.38. The van der Waals surface area contributed by atoms with E-state index in [-0.39, 0.29) is 12.2 Å². The van der Waals surface area contributed by atoms with Crippen molar-refractivity contribution in [2.45, 2.75) is 83.7 Å². The van der Waals surface area contributed by atoms with Crippen LogP contribution in [0.15, 0.2) is 43.1 Å². The zero-order valence-corrected chi connectivity index (χ0v) is 28.6. The van der Waals surface area contributed by atoms with Crippen LogP contribution < -0.4 is 14.8 Å². The van der Waals surface area contributed by atoms with Crippen molar-refractivity contribution in [2.24, 2.45) is 0 Å². The van der Waals surface area contributed by atoms with Gasteiger partial charge in [-0.05, 0) is 74.6 Å². The van der Waals surface area contributed by atoms with E-state index in [9.17, 15) is 0 Å². The summed E-state index contributed by atoms with van der Waals surface area (Å²) in [5.41, 5.74) is 2.44. The van der Waals surface area contributed by atoms with Crippen molar-refractivity contribution in [3.63, 3.8) is 0 Å². The number of aromatic nitrogens is 8. The Labute approximate surface area is 286 Å². The maximum atomic E-state index is 6.46. The number of halogens is 1. The van der Waals surface area contributed by atoms with E-state index in [1.165, 1.54) is 0 Å². The molecular formula is C33H45ClN10O4. The third-order valence-electron chi connectivity index (χ3n) is 8.61. The van der Waals surface area contributed by atoms with E-state index in [1.807, 2.05) is 39.1 Å². The summed E-state index contributed by atoms with van der Waals surface area (Å²) in [6.07, 6.45) is 12.3. The van der Waals surface area contributed by atoms with Crippen LogP contribution in [0, 0.1) is 0 Å². The molecule has 1 saturated heterocycles. The van der Waals surface area contributed by atoms with Gasteiger partial charge in [0.05, 0.1) is 56.3 Å². The fourth-order valence-corrected chi connectivity index (χ4v) is 6.31. The van der Waals surface area contributed by atoms with Gasteiger partial charge in [0.25, 0.3) is 5.88 Å². The number of tetrazole rings is 1. The molecule has 0 bridgehead atoms. The van der Waals surface area contributed by atoms with Gasteiger partial charge in [-0.25, -0.2) is 14.6 Å². The van der Waals surface area contributed by atoms with E-state index in [4.69, 9.17) is 35.6 Å². The number of rotatable bonds is 15. The number of hydrogen-bond donors (Lipinski definition) is 1. The summed E-state index contributed by atoms with van der Waals surface area (Å²) in [6.45, 7) is 11.3. The molecule has 0 spiro atoms. The summed E-state index contributed by atoms with van der Waals surface area (Å²) < 4.78 is 27.2. The second kappa shape index (κ2) is 16.5. The van der Waals surface area contributed by atoms with E-state index in [0.29, 0.717) is 54.4 Å². The number of ether oxygens (including phenoxy) is 4. The fraction of sp³-hybridized carbons (Fsp3) is 0.576. The molecule has 3 aromatic heterocycles. The highest BCUT2D eigenvalue weighted by Crippen LogP contribution is 2.35. The molecule has 1 saturated carbocycles. The van der Waals surface area contributed by atoms with Gasteiger partial charge in [0.15, 0.2) is 0 Å². The molecule has 0 amide bonds. The van der Waals surface area contributed by atoms with E-state index < -0.39 is 0 Å². The molecule has 1 aliphatic heterocycles. The maximum absolute atomic E-state index is 6.46. The first-order valence-electron chi connectivity index (χ1n) is 16.8. The highest BCUT2D eigenvalue weighted by molar-refractivity contribution is 6.32. The Kier molecular flexibility index (Phi) is 11.7. The van der Waals surface area contributed by atoms with Gasteiger partial charge in [0.1, 0.15) is 23.9 Å². The number of morpholine rings is 1. The van der Waals surface area contributed by atoms with Gasteiger partial charge >= 0.3 is 0 Å². The van der Waals surface area contributed by atoms with Gasteiger partial charge in [0.2, 0.25) is 5.95 Å². The number of hydrogen-bond acceptors (Lipinski definition) is 12. The largest absolute Gasteiger partial charge is 0.487 e. The molecule has 4 aromatic rings. The fourth-order valence-electron chi connectivity index (χ4n) is 6.15. The van der Waals surface area contributed by atoms with Crippen LogP contribution >= 0.6 is 11.6 Å². The standard InChI is InChI=1S/C33H45ClN10O4/c1-23(2)46-13-4-14-47-32-30(21-44(39-32)28-8-6-27(7-9-28)42-11-15-45-16-12-42)38-33-35-18-26(19-36-33)25-5-10-29(34)31(17-25)48-24(3)20-43-22-37-40-41-43/h5,10,17-19,21-24,27-28H,4,6-9,11-16,20H2,1-3H3,(H,35,36,38)/t24-,27?,28?/m0/s1. The molecule has 2 fully saturated rings. The molecule has 6 rings (SSSR count). The Morgan fingerprint density at radius 2 is 1.77 bits per heavy atom. The molecule has 0 radical (unpaired) electrons. The van der Waals surface area contributed by atoms with E-state index in [0.717, 1.165) is 75.2 Å². The van der Waals surface area contributed by atoms with Crippen molar-refractivity contribution in [3.05, 3.63) is 48.1 Å². The SMILES string of the molecule is CC(C)OCCCOc1nn(C2CCC(N3CCOCC3)CC2)cc1Nc1ncc(-c2ccc(Cl)c(O[C@@H](C)Cn3cnnn3)c2)cn1. The highest BCUT2D eigenvalue weighted by Gasteiger charge is 2.29. The smallest absolute Gasteiger partial charge is 0.256 e.